The summed E-state index contributed by atoms with van der Waals surface area (Å²) in [6, 6.07) is 3.61. The van der Waals surface area contributed by atoms with Gasteiger partial charge in [0.05, 0.1) is 12.2 Å². The van der Waals surface area contributed by atoms with E-state index in [2.05, 4.69) is 10.2 Å². The van der Waals surface area contributed by atoms with Gasteiger partial charge in [-0.15, -0.1) is 0 Å². The van der Waals surface area contributed by atoms with Crippen molar-refractivity contribution < 1.29 is 9.53 Å². The second-order valence-electron chi connectivity index (χ2n) is 7.28. The van der Waals surface area contributed by atoms with Crippen molar-refractivity contribution in [1.82, 2.24) is 10.2 Å². The maximum Gasteiger partial charge on any atom is 0.255 e. The molecule has 0 aromatic heterocycles. The largest absolute Gasteiger partial charge is 0.492 e. The molecule has 2 fully saturated rings. The van der Waals surface area contributed by atoms with Crippen LogP contribution in [-0.2, 0) is 6.42 Å². The smallest absolute Gasteiger partial charge is 0.255 e. The molecule has 1 aromatic rings. The zero-order valence-corrected chi connectivity index (χ0v) is 14.8. The van der Waals surface area contributed by atoms with Crippen LogP contribution in [0.2, 0.25) is 5.02 Å². The van der Waals surface area contributed by atoms with Crippen LogP contribution in [-0.4, -0.2) is 42.6 Å². The first-order chi connectivity index (χ1) is 11.7. The van der Waals surface area contributed by atoms with Gasteiger partial charge in [0, 0.05) is 22.7 Å². The van der Waals surface area contributed by atoms with Gasteiger partial charge in [0.15, 0.2) is 0 Å². The van der Waals surface area contributed by atoms with E-state index in [0.717, 1.165) is 31.4 Å². The maximum absolute atomic E-state index is 12.6. The first-order valence-electron chi connectivity index (χ1n) is 9.17. The van der Waals surface area contributed by atoms with Gasteiger partial charge >= 0.3 is 0 Å². The molecule has 3 aliphatic heterocycles. The van der Waals surface area contributed by atoms with Crippen molar-refractivity contribution >= 4 is 17.5 Å². The fraction of sp³-hybridized carbons (Fsp3) is 0.632. The van der Waals surface area contributed by atoms with Gasteiger partial charge in [-0.05, 0) is 70.2 Å². The minimum Gasteiger partial charge on any atom is -0.492 e. The first kappa shape index (κ1) is 16.2. The van der Waals surface area contributed by atoms with Gasteiger partial charge in [0.2, 0.25) is 0 Å². The van der Waals surface area contributed by atoms with E-state index in [1.165, 1.54) is 38.8 Å². The number of hydrogen-bond acceptors (Lipinski definition) is 3. The van der Waals surface area contributed by atoms with Crippen LogP contribution < -0.4 is 10.1 Å². The van der Waals surface area contributed by atoms with Gasteiger partial charge < -0.3 is 10.1 Å². The van der Waals surface area contributed by atoms with Crippen LogP contribution in [0.4, 0.5) is 0 Å². The summed E-state index contributed by atoms with van der Waals surface area (Å²) in [5.41, 5.74) is 1.96. The Labute approximate surface area is 148 Å². The van der Waals surface area contributed by atoms with Gasteiger partial charge in [-0.2, -0.15) is 0 Å². The van der Waals surface area contributed by atoms with Crippen molar-refractivity contribution in [3.63, 3.8) is 0 Å². The summed E-state index contributed by atoms with van der Waals surface area (Å²) in [6.07, 6.45) is 8.04. The predicted octanol–water partition coefficient (Wildman–Crippen LogP) is 3.41. The summed E-state index contributed by atoms with van der Waals surface area (Å²) < 4.78 is 5.75. The number of nitrogens with one attached hydrogen (secondary N) is 1. The molecule has 1 aromatic carbocycles. The van der Waals surface area contributed by atoms with E-state index >= 15 is 0 Å². The quantitative estimate of drug-likeness (QED) is 0.906. The standard InChI is InChI=1S/C19H25ClN2O2/c20-16-6-5-15(17-14(16)4-1-13-24-17)18(23)21-10-9-19-7-2-11-22(19)12-3-8-19/h5-6H,1-4,7-13H2,(H,21,23). The minimum absolute atomic E-state index is 0.0382. The first-order valence-corrected chi connectivity index (χ1v) is 9.55. The van der Waals surface area contributed by atoms with Crippen LogP contribution in [0.1, 0.15) is 54.4 Å². The van der Waals surface area contributed by atoms with Crippen LogP contribution in [0, 0.1) is 0 Å². The molecule has 0 unspecified atom stereocenters. The van der Waals surface area contributed by atoms with E-state index in [-0.39, 0.29) is 5.91 Å². The Hall–Kier alpha value is -1.26. The number of halogens is 1. The lowest BCUT2D eigenvalue weighted by atomic mass is 9.90. The summed E-state index contributed by atoms with van der Waals surface area (Å²) >= 11 is 6.25. The monoisotopic (exact) mass is 348 g/mol. The number of carbonyl (C=O) groups is 1. The van der Waals surface area contributed by atoms with Crippen molar-refractivity contribution in [2.45, 2.75) is 50.5 Å². The van der Waals surface area contributed by atoms with E-state index in [1.807, 2.05) is 6.07 Å². The molecular weight excluding hydrogens is 324 g/mol. The molecule has 1 N–H and O–H groups in total. The molecule has 24 heavy (non-hydrogen) atoms. The highest BCUT2D eigenvalue weighted by atomic mass is 35.5. The van der Waals surface area contributed by atoms with Gasteiger partial charge in [-0.25, -0.2) is 0 Å². The predicted molar refractivity (Wildman–Crippen MR) is 95.0 cm³/mol. The molecule has 3 aliphatic rings. The van der Waals surface area contributed by atoms with E-state index < -0.39 is 0 Å². The SMILES string of the molecule is O=C(NCCC12CCCN1CCC2)c1ccc(Cl)c2c1OCCC2. The fourth-order valence-electron chi connectivity index (χ4n) is 4.74. The van der Waals surface area contributed by atoms with Crippen molar-refractivity contribution in [3.8, 4) is 5.75 Å². The summed E-state index contributed by atoms with van der Waals surface area (Å²) in [7, 11) is 0. The van der Waals surface area contributed by atoms with Gasteiger partial charge in [-0.1, -0.05) is 11.6 Å². The van der Waals surface area contributed by atoms with E-state index in [4.69, 9.17) is 16.3 Å². The molecular formula is C19H25ClN2O2. The number of carbonyl (C=O) groups excluding carboxylic acids is 1. The average molecular weight is 349 g/mol. The summed E-state index contributed by atoms with van der Waals surface area (Å²) in [5, 5.41) is 3.82. The molecule has 0 spiro atoms. The van der Waals surface area contributed by atoms with Crippen molar-refractivity contribution in [1.29, 1.82) is 0 Å². The van der Waals surface area contributed by atoms with Gasteiger partial charge in [0.1, 0.15) is 5.75 Å². The van der Waals surface area contributed by atoms with Crippen LogP contribution in [0.25, 0.3) is 0 Å². The minimum atomic E-state index is -0.0382. The van der Waals surface area contributed by atoms with E-state index in [0.29, 0.717) is 28.5 Å². The lowest BCUT2D eigenvalue weighted by Gasteiger charge is -2.32. The molecule has 2 saturated heterocycles. The lowest BCUT2D eigenvalue weighted by molar-refractivity contribution is 0.0938. The topological polar surface area (TPSA) is 41.6 Å². The second-order valence-corrected chi connectivity index (χ2v) is 7.69. The van der Waals surface area contributed by atoms with E-state index in [9.17, 15) is 4.79 Å². The Kier molecular flexibility index (Phi) is 4.44. The molecule has 1 amide bonds. The third-order valence-corrected chi connectivity index (χ3v) is 6.31. The van der Waals surface area contributed by atoms with Crippen molar-refractivity contribution in [2.24, 2.45) is 0 Å². The Morgan fingerprint density at radius 1 is 1.25 bits per heavy atom. The van der Waals surface area contributed by atoms with E-state index in [1.54, 1.807) is 6.07 Å². The molecule has 0 aliphatic carbocycles. The number of nitrogens with zero attached hydrogens (tertiary/aromatic N) is 1. The highest BCUT2D eigenvalue weighted by Gasteiger charge is 2.43. The zero-order chi connectivity index (χ0) is 16.6. The Bertz CT molecular complexity index is 636. The Morgan fingerprint density at radius 3 is 2.83 bits per heavy atom. The fourth-order valence-corrected chi connectivity index (χ4v) is 4.98. The van der Waals surface area contributed by atoms with Crippen LogP contribution >= 0.6 is 11.6 Å². The lowest BCUT2D eigenvalue weighted by Crippen LogP contribution is -2.41. The molecule has 0 bridgehead atoms. The third-order valence-electron chi connectivity index (χ3n) is 5.95. The highest BCUT2D eigenvalue weighted by molar-refractivity contribution is 6.31. The molecule has 5 heteroatoms. The average Bonchev–Trinajstić information content (AvgIpc) is 3.15. The number of hydrogen-bond donors (Lipinski definition) is 1. The maximum atomic E-state index is 12.6. The van der Waals surface area contributed by atoms with Gasteiger partial charge in [0.25, 0.3) is 5.91 Å². The number of ether oxygens (including phenoxy) is 1. The highest BCUT2D eigenvalue weighted by Crippen LogP contribution is 2.41. The molecule has 4 nitrogen and oxygen atoms in total. The number of fused-ring (bicyclic) bond motifs is 2. The van der Waals surface area contributed by atoms with Crippen LogP contribution in [0.15, 0.2) is 12.1 Å². The number of amides is 1. The normalized spacial score (nSPS) is 21.9. The third kappa shape index (κ3) is 2.80. The molecule has 4 rings (SSSR count). The molecule has 3 heterocycles. The van der Waals surface area contributed by atoms with Crippen molar-refractivity contribution in [3.05, 3.63) is 28.3 Å². The summed E-state index contributed by atoms with van der Waals surface area (Å²) in [5.74, 6) is 0.650. The number of rotatable bonds is 4. The van der Waals surface area contributed by atoms with Gasteiger partial charge in [-0.3, -0.25) is 9.69 Å². The Balaban J connectivity index is 1.42. The van der Waals surface area contributed by atoms with Crippen LogP contribution in [0.5, 0.6) is 5.75 Å². The molecule has 0 atom stereocenters. The Morgan fingerprint density at radius 2 is 2.04 bits per heavy atom. The van der Waals surface area contributed by atoms with Crippen molar-refractivity contribution in [2.75, 3.05) is 26.2 Å². The summed E-state index contributed by atoms with van der Waals surface area (Å²) in [6.45, 7) is 3.84. The number of benzene rings is 1. The molecule has 130 valence electrons. The summed E-state index contributed by atoms with van der Waals surface area (Å²) in [4.78, 5) is 15.3. The molecule has 0 saturated carbocycles. The molecule has 0 radical (unpaired) electrons. The second kappa shape index (κ2) is 6.57. The van der Waals surface area contributed by atoms with Crippen LogP contribution in [0.3, 0.4) is 0 Å². The zero-order valence-electron chi connectivity index (χ0n) is 14.1.